The molecule has 0 unspecified atom stereocenters. The lowest BCUT2D eigenvalue weighted by atomic mass is 10.2. The van der Waals surface area contributed by atoms with Crippen molar-refractivity contribution in [3.05, 3.63) is 66.0 Å². The number of aromatic nitrogens is 4. The standard InChI is InChI=1S/C16H13FN6O2/c17-13-9-5-4-8-12(13)16(25)20-18-14(24)10-23-21-15(19-22-23)11-6-2-1-3-7-11/h1-9H,10H2,(H,18,24)(H,20,25). The summed E-state index contributed by atoms with van der Waals surface area (Å²) in [5, 5.41) is 11.7. The number of rotatable bonds is 4. The molecule has 1 aromatic heterocycles. The van der Waals surface area contributed by atoms with Crippen molar-refractivity contribution in [2.24, 2.45) is 0 Å². The summed E-state index contributed by atoms with van der Waals surface area (Å²) >= 11 is 0. The molecule has 3 rings (SSSR count). The van der Waals surface area contributed by atoms with Crippen molar-refractivity contribution in [2.75, 3.05) is 0 Å². The highest BCUT2D eigenvalue weighted by Gasteiger charge is 2.13. The Morgan fingerprint density at radius 2 is 1.72 bits per heavy atom. The van der Waals surface area contributed by atoms with Crippen LogP contribution in [0.15, 0.2) is 54.6 Å². The Morgan fingerprint density at radius 3 is 2.48 bits per heavy atom. The first-order chi connectivity index (χ1) is 12.1. The molecule has 3 aromatic rings. The van der Waals surface area contributed by atoms with Gasteiger partial charge in [-0.25, -0.2) is 4.39 Å². The Labute approximate surface area is 141 Å². The smallest absolute Gasteiger partial charge is 0.271 e. The highest BCUT2D eigenvalue weighted by Crippen LogP contribution is 2.11. The summed E-state index contributed by atoms with van der Waals surface area (Å²) in [5.74, 6) is -1.65. The van der Waals surface area contributed by atoms with E-state index in [-0.39, 0.29) is 12.1 Å². The normalized spacial score (nSPS) is 10.3. The minimum atomic E-state index is -0.761. The number of nitrogens with zero attached hydrogens (tertiary/aromatic N) is 4. The second-order valence-electron chi connectivity index (χ2n) is 4.99. The van der Waals surface area contributed by atoms with Crippen molar-refractivity contribution in [3.8, 4) is 11.4 Å². The molecule has 0 atom stereocenters. The van der Waals surface area contributed by atoms with Gasteiger partial charge >= 0.3 is 0 Å². The zero-order valence-electron chi connectivity index (χ0n) is 12.9. The molecule has 8 nitrogen and oxygen atoms in total. The molecule has 0 saturated heterocycles. The summed E-state index contributed by atoms with van der Waals surface area (Å²) in [6.45, 7) is -0.253. The van der Waals surface area contributed by atoms with E-state index in [0.717, 1.165) is 16.4 Å². The average Bonchev–Trinajstić information content (AvgIpc) is 3.09. The molecule has 2 amide bonds. The highest BCUT2D eigenvalue weighted by atomic mass is 19.1. The Kier molecular flexibility index (Phi) is 4.74. The monoisotopic (exact) mass is 340 g/mol. The molecule has 0 fully saturated rings. The van der Waals surface area contributed by atoms with Gasteiger partial charge in [-0.05, 0) is 17.3 Å². The zero-order valence-corrected chi connectivity index (χ0v) is 12.9. The molecule has 25 heavy (non-hydrogen) atoms. The summed E-state index contributed by atoms with van der Waals surface area (Å²) in [4.78, 5) is 24.7. The summed E-state index contributed by atoms with van der Waals surface area (Å²) in [6, 6.07) is 14.6. The van der Waals surface area contributed by atoms with E-state index in [1.165, 1.54) is 18.2 Å². The van der Waals surface area contributed by atoms with Crippen molar-refractivity contribution in [1.82, 2.24) is 31.1 Å². The van der Waals surface area contributed by atoms with E-state index in [4.69, 9.17) is 0 Å². The maximum absolute atomic E-state index is 13.5. The molecule has 126 valence electrons. The number of carbonyl (C=O) groups is 2. The molecule has 0 radical (unpaired) electrons. The maximum atomic E-state index is 13.5. The topological polar surface area (TPSA) is 102 Å². The number of tetrazole rings is 1. The predicted molar refractivity (Wildman–Crippen MR) is 85.3 cm³/mol. The third-order valence-electron chi connectivity index (χ3n) is 3.20. The molecule has 9 heteroatoms. The van der Waals surface area contributed by atoms with Gasteiger partial charge in [0.2, 0.25) is 5.82 Å². The number of hydrazine groups is 1. The van der Waals surface area contributed by atoms with Crippen LogP contribution >= 0.6 is 0 Å². The predicted octanol–water partition coefficient (Wildman–Crippen LogP) is 0.940. The first-order valence-electron chi connectivity index (χ1n) is 7.30. The van der Waals surface area contributed by atoms with Crippen LogP contribution in [0.5, 0.6) is 0 Å². The number of hydrogen-bond acceptors (Lipinski definition) is 5. The van der Waals surface area contributed by atoms with Gasteiger partial charge < -0.3 is 0 Å². The van der Waals surface area contributed by atoms with E-state index in [0.29, 0.717) is 5.82 Å². The van der Waals surface area contributed by atoms with Crippen LogP contribution in [-0.2, 0) is 11.3 Å². The number of benzene rings is 2. The molecule has 2 aromatic carbocycles. The van der Waals surface area contributed by atoms with Crippen molar-refractivity contribution in [3.63, 3.8) is 0 Å². The Morgan fingerprint density at radius 1 is 1.00 bits per heavy atom. The molecule has 0 aliphatic heterocycles. The lowest BCUT2D eigenvalue weighted by Crippen LogP contribution is -2.43. The maximum Gasteiger partial charge on any atom is 0.272 e. The summed E-state index contributed by atoms with van der Waals surface area (Å²) < 4.78 is 13.5. The Bertz CT molecular complexity index is 896. The Balaban J connectivity index is 1.56. The number of nitrogens with one attached hydrogen (secondary N) is 2. The van der Waals surface area contributed by atoms with Crippen molar-refractivity contribution in [1.29, 1.82) is 0 Å². The first-order valence-corrected chi connectivity index (χ1v) is 7.30. The van der Waals surface area contributed by atoms with Gasteiger partial charge in [-0.3, -0.25) is 20.4 Å². The lowest BCUT2D eigenvalue weighted by molar-refractivity contribution is -0.122. The third-order valence-corrected chi connectivity index (χ3v) is 3.20. The molecule has 0 bridgehead atoms. The van der Waals surface area contributed by atoms with Crippen molar-refractivity contribution >= 4 is 11.8 Å². The van der Waals surface area contributed by atoms with Gasteiger partial charge in [0.05, 0.1) is 5.56 Å². The van der Waals surface area contributed by atoms with Crippen LogP contribution in [0.2, 0.25) is 0 Å². The van der Waals surface area contributed by atoms with Crippen LogP contribution in [0, 0.1) is 5.82 Å². The molecule has 0 aliphatic carbocycles. The van der Waals surface area contributed by atoms with E-state index in [9.17, 15) is 14.0 Å². The zero-order chi connectivity index (χ0) is 17.6. The SMILES string of the molecule is O=C(Cn1nnc(-c2ccccc2)n1)NNC(=O)c1ccccc1F. The summed E-state index contributed by atoms with van der Waals surface area (Å²) in [5.41, 5.74) is 4.90. The number of hydrogen-bond donors (Lipinski definition) is 2. The van der Waals surface area contributed by atoms with Crippen molar-refractivity contribution in [2.45, 2.75) is 6.54 Å². The fourth-order valence-corrected chi connectivity index (χ4v) is 2.02. The molecule has 0 spiro atoms. The van der Waals surface area contributed by atoms with Crippen LogP contribution in [0.1, 0.15) is 10.4 Å². The first kappa shape index (κ1) is 16.2. The quantitative estimate of drug-likeness (QED) is 0.688. The van der Waals surface area contributed by atoms with Crippen LogP contribution in [-0.4, -0.2) is 32.0 Å². The van der Waals surface area contributed by atoms with E-state index in [2.05, 4.69) is 26.3 Å². The molecule has 0 saturated carbocycles. The van der Waals surface area contributed by atoms with E-state index < -0.39 is 17.6 Å². The molecule has 1 heterocycles. The van der Waals surface area contributed by atoms with Gasteiger partial charge in [0.25, 0.3) is 11.8 Å². The largest absolute Gasteiger partial charge is 0.272 e. The number of halogens is 1. The molecule has 0 aliphatic rings. The van der Waals surface area contributed by atoms with Gasteiger partial charge in [-0.15, -0.1) is 10.2 Å². The highest BCUT2D eigenvalue weighted by molar-refractivity contribution is 5.95. The second-order valence-corrected chi connectivity index (χ2v) is 4.99. The fourth-order valence-electron chi connectivity index (χ4n) is 2.02. The van der Waals surface area contributed by atoms with Gasteiger partial charge in [0.15, 0.2) is 0 Å². The fraction of sp³-hybridized carbons (Fsp3) is 0.0625. The molecule has 2 N–H and O–H groups in total. The summed E-state index contributed by atoms with van der Waals surface area (Å²) in [7, 11) is 0. The van der Waals surface area contributed by atoms with Crippen LogP contribution in [0.3, 0.4) is 0 Å². The summed E-state index contributed by atoms with van der Waals surface area (Å²) in [6.07, 6.45) is 0. The van der Waals surface area contributed by atoms with Gasteiger partial charge in [0.1, 0.15) is 12.4 Å². The van der Waals surface area contributed by atoms with E-state index >= 15 is 0 Å². The lowest BCUT2D eigenvalue weighted by Gasteiger charge is -2.07. The number of carbonyl (C=O) groups excluding carboxylic acids is 2. The van der Waals surface area contributed by atoms with E-state index in [1.807, 2.05) is 30.3 Å². The minimum Gasteiger partial charge on any atom is -0.271 e. The van der Waals surface area contributed by atoms with Gasteiger partial charge in [-0.1, -0.05) is 42.5 Å². The third kappa shape index (κ3) is 4.02. The molecular weight excluding hydrogens is 327 g/mol. The minimum absolute atomic E-state index is 0.173. The van der Waals surface area contributed by atoms with Gasteiger partial charge in [0, 0.05) is 5.56 Å². The van der Waals surface area contributed by atoms with Crippen LogP contribution < -0.4 is 10.9 Å². The second kappa shape index (κ2) is 7.30. The van der Waals surface area contributed by atoms with Crippen LogP contribution in [0.4, 0.5) is 4.39 Å². The van der Waals surface area contributed by atoms with E-state index in [1.54, 1.807) is 0 Å². The van der Waals surface area contributed by atoms with Crippen molar-refractivity contribution < 1.29 is 14.0 Å². The van der Waals surface area contributed by atoms with Gasteiger partial charge in [-0.2, -0.15) is 4.80 Å². The Hall–Kier alpha value is -3.62. The molecular formula is C16H13FN6O2. The average molecular weight is 340 g/mol. The number of amides is 2. The van der Waals surface area contributed by atoms with Crippen LogP contribution in [0.25, 0.3) is 11.4 Å².